The number of piperazine rings is 1. The van der Waals surface area contributed by atoms with Crippen LogP contribution in [0.4, 0.5) is 14.5 Å². The fourth-order valence-electron chi connectivity index (χ4n) is 3.09. The Kier molecular flexibility index (Phi) is 6.44. The molecule has 136 valence electrons. The van der Waals surface area contributed by atoms with Crippen LogP contribution in [0, 0.1) is 0 Å². The molecule has 1 heterocycles. The van der Waals surface area contributed by atoms with Gasteiger partial charge in [-0.2, -0.15) is 8.78 Å². The van der Waals surface area contributed by atoms with E-state index >= 15 is 0 Å². The van der Waals surface area contributed by atoms with Gasteiger partial charge >= 0.3 is 6.11 Å². The summed E-state index contributed by atoms with van der Waals surface area (Å²) in [5.41, 5.74) is 1.79. The summed E-state index contributed by atoms with van der Waals surface area (Å²) in [5.74, 6) is 0.436. The van der Waals surface area contributed by atoms with Crippen molar-refractivity contribution in [1.29, 1.82) is 0 Å². The quantitative estimate of drug-likeness (QED) is 0.714. The Balaban J connectivity index is 2.10. The lowest BCUT2D eigenvalue weighted by molar-refractivity contribution is -0.159. The molecule has 1 fully saturated rings. The molecule has 1 saturated heterocycles. The maximum atomic E-state index is 13.4. The van der Waals surface area contributed by atoms with E-state index in [4.69, 9.17) is 4.74 Å². The first-order valence-corrected chi connectivity index (χ1v) is 8.98. The van der Waals surface area contributed by atoms with Crippen molar-refractivity contribution in [3.8, 4) is 5.75 Å². The highest BCUT2D eigenvalue weighted by atomic mass is 19.3. The molecule has 0 N–H and O–H groups in total. The molecule has 5 heteroatoms. The summed E-state index contributed by atoms with van der Waals surface area (Å²) < 4.78 is 31.6. The molecule has 0 unspecified atom stereocenters. The van der Waals surface area contributed by atoms with Gasteiger partial charge in [0.25, 0.3) is 0 Å². The number of hydrogen-bond acceptors (Lipinski definition) is 3. The lowest BCUT2D eigenvalue weighted by atomic mass is 10.0. The molecule has 2 rings (SSSR count). The Labute approximate surface area is 144 Å². The summed E-state index contributed by atoms with van der Waals surface area (Å²) in [5, 5.41) is 0. The van der Waals surface area contributed by atoms with Gasteiger partial charge in [0.05, 0.1) is 0 Å². The second-order valence-corrected chi connectivity index (χ2v) is 6.97. The molecule has 1 aliphatic heterocycles. The van der Waals surface area contributed by atoms with Gasteiger partial charge < -0.3 is 9.64 Å². The fourth-order valence-corrected chi connectivity index (χ4v) is 3.09. The Morgan fingerprint density at radius 2 is 1.83 bits per heavy atom. The molecule has 1 aromatic rings. The summed E-state index contributed by atoms with van der Waals surface area (Å²) in [4.78, 5) is 4.73. The number of anilines is 1. The molecule has 1 aliphatic rings. The molecule has 24 heavy (non-hydrogen) atoms. The Morgan fingerprint density at radius 3 is 2.38 bits per heavy atom. The highest BCUT2D eigenvalue weighted by Crippen LogP contribution is 2.34. The molecule has 0 aromatic heterocycles. The zero-order valence-corrected chi connectivity index (χ0v) is 15.3. The van der Waals surface area contributed by atoms with E-state index in [1.54, 1.807) is 6.07 Å². The first-order valence-electron chi connectivity index (χ1n) is 8.98. The number of nitrogens with zero attached hydrogens (tertiary/aromatic N) is 2. The van der Waals surface area contributed by atoms with E-state index in [0.29, 0.717) is 5.75 Å². The van der Waals surface area contributed by atoms with Gasteiger partial charge in [0.1, 0.15) is 5.75 Å². The molecule has 0 spiro atoms. The average molecular weight is 340 g/mol. The Morgan fingerprint density at radius 1 is 1.17 bits per heavy atom. The van der Waals surface area contributed by atoms with Crippen LogP contribution in [0.5, 0.6) is 5.75 Å². The maximum Gasteiger partial charge on any atom is 0.394 e. The molecule has 1 aromatic carbocycles. The second kappa shape index (κ2) is 8.15. The molecule has 0 amide bonds. The van der Waals surface area contributed by atoms with Crippen molar-refractivity contribution >= 4 is 5.69 Å². The third-order valence-electron chi connectivity index (χ3n) is 4.47. The number of alkyl halides is 2. The van der Waals surface area contributed by atoms with Crippen LogP contribution < -0.4 is 9.64 Å². The van der Waals surface area contributed by atoms with Crippen molar-refractivity contribution in [3.05, 3.63) is 23.8 Å². The second-order valence-electron chi connectivity index (χ2n) is 6.97. The van der Waals surface area contributed by atoms with Crippen molar-refractivity contribution in [2.24, 2.45) is 0 Å². The predicted molar refractivity (Wildman–Crippen MR) is 95.3 cm³/mol. The zero-order chi connectivity index (χ0) is 17.7. The van der Waals surface area contributed by atoms with E-state index in [1.165, 1.54) is 12.8 Å². The van der Waals surface area contributed by atoms with Crippen LogP contribution in [0.1, 0.15) is 52.0 Å². The predicted octanol–water partition coefficient (Wildman–Crippen LogP) is 4.72. The highest BCUT2D eigenvalue weighted by Gasteiger charge is 2.26. The van der Waals surface area contributed by atoms with Gasteiger partial charge in [0.2, 0.25) is 0 Å². The van der Waals surface area contributed by atoms with E-state index in [2.05, 4.69) is 16.7 Å². The zero-order valence-electron chi connectivity index (χ0n) is 15.3. The Hall–Kier alpha value is -1.36. The molecular weight excluding hydrogens is 310 g/mol. The van der Waals surface area contributed by atoms with Gasteiger partial charge in [-0.3, -0.25) is 4.90 Å². The van der Waals surface area contributed by atoms with Crippen LogP contribution in [0.15, 0.2) is 18.2 Å². The molecule has 0 saturated carbocycles. The molecule has 0 aliphatic carbocycles. The molecule has 0 radical (unpaired) electrons. The monoisotopic (exact) mass is 340 g/mol. The summed E-state index contributed by atoms with van der Waals surface area (Å²) in [6.45, 7) is 12.0. The van der Waals surface area contributed by atoms with Gasteiger partial charge in [-0.15, -0.1) is 0 Å². The van der Waals surface area contributed by atoms with Crippen molar-refractivity contribution in [1.82, 2.24) is 4.90 Å². The smallest absolute Gasteiger partial charge is 0.394 e. The van der Waals surface area contributed by atoms with E-state index in [1.807, 2.05) is 26.0 Å². The number of hydrogen-bond donors (Lipinski definition) is 0. The third-order valence-corrected chi connectivity index (χ3v) is 4.47. The standard InChI is InChI=1S/C19H30F2N2O/c1-5-6-9-22-10-12-23(13-11-22)16-7-8-17(15(2)3)18(14-16)24-19(4,20)21/h7-8,14-15H,5-6,9-13H2,1-4H3. The number of unbranched alkanes of at least 4 members (excludes halogenated alkanes) is 1. The third kappa shape index (κ3) is 5.33. The normalized spacial score (nSPS) is 16.7. The number of rotatable bonds is 7. The number of halogens is 2. The minimum Gasteiger partial charge on any atom is -0.432 e. The van der Waals surface area contributed by atoms with Crippen LogP contribution in [-0.4, -0.2) is 43.7 Å². The Bertz CT molecular complexity index is 521. The fraction of sp³-hybridized carbons (Fsp3) is 0.684. The highest BCUT2D eigenvalue weighted by molar-refractivity contribution is 5.55. The van der Waals surface area contributed by atoms with E-state index in [9.17, 15) is 8.78 Å². The minimum atomic E-state index is -3.17. The van der Waals surface area contributed by atoms with Crippen LogP contribution >= 0.6 is 0 Å². The van der Waals surface area contributed by atoms with E-state index in [0.717, 1.165) is 50.9 Å². The lowest BCUT2D eigenvalue weighted by Crippen LogP contribution is -2.46. The summed E-state index contributed by atoms with van der Waals surface area (Å²) in [6.07, 6.45) is -0.726. The van der Waals surface area contributed by atoms with Crippen LogP contribution in [0.25, 0.3) is 0 Å². The SMILES string of the molecule is CCCCN1CCN(c2ccc(C(C)C)c(OC(C)(F)F)c2)CC1. The van der Waals surface area contributed by atoms with Crippen molar-refractivity contribution < 1.29 is 13.5 Å². The molecule has 0 bridgehead atoms. The van der Waals surface area contributed by atoms with Crippen molar-refractivity contribution in [2.75, 3.05) is 37.6 Å². The van der Waals surface area contributed by atoms with Gasteiger partial charge in [-0.25, -0.2) is 0 Å². The van der Waals surface area contributed by atoms with Gasteiger partial charge in [-0.1, -0.05) is 33.3 Å². The average Bonchev–Trinajstić information content (AvgIpc) is 2.51. The topological polar surface area (TPSA) is 15.7 Å². The van der Waals surface area contributed by atoms with Crippen molar-refractivity contribution in [2.45, 2.75) is 52.6 Å². The number of benzene rings is 1. The first-order chi connectivity index (χ1) is 11.3. The van der Waals surface area contributed by atoms with E-state index < -0.39 is 6.11 Å². The molecule has 0 atom stereocenters. The van der Waals surface area contributed by atoms with Gasteiger partial charge in [-0.05, 0) is 30.5 Å². The van der Waals surface area contributed by atoms with Gasteiger partial charge in [0.15, 0.2) is 0 Å². The summed E-state index contributed by atoms with van der Waals surface area (Å²) >= 11 is 0. The molecular formula is C19H30F2N2O. The van der Waals surface area contributed by atoms with E-state index in [-0.39, 0.29) is 5.92 Å². The minimum absolute atomic E-state index is 0.141. The largest absolute Gasteiger partial charge is 0.432 e. The first kappa shape index (κ1) is 19.0. The van der Waals surface area contributed by atoms with Crippen molar-refractivity contribution in [3.63, 3.8) is 0 Å². The number of ether oxygens (including phenoxy) is 1. The van der Waals surface area contributed by atoms with Crippen LogP contribution in [-0.2, 0) is 0 Å². The van der Waals surface area contributed by atoms with Gasteiger partial charge in [0, 0.05) is 44.9 Å². The summed E-state index contributed by atoms with van der Waals surface area (Å²) in [7, 11) is 0. The molecule has 3 nitrogen and oxygen atoms in total. The lowest BCUT2D eigenvalue weighted by Gasteiger charge is -2.36. The maximum absolute atomic E-state index is 13.4. The van der Waals surface area contributed by atoms with Crippen LogP contribution in [0.3, 0.4) is 0 Å². The van der Waals surface area contributed by atoms with Crippen LogP contribution in [0.2, 0.25) is 0 Å². The summed E-state index contributed by atoms with van der Waals surface area (Å²) in [6, 6.07) is 5.72.